The third-order valence-electron chi connectivity index (χ3n) is 1.47. The highest BCUT2D eigenvalue weighted by atomic mass is 35.5. The fourth-order valence-corrected chi connectivity index (χ4v) is 0.838. The Bertz CT molecular complexity index is 183. The lowest BCUT2D eigenvalue weighted by molar-refractivity contribution is 0.867. The van der Waals surface area contributed by atoms with Gasteiger partial charge < -0.3 is 0 Å². The third kappa shape index (κ3) is 7.89. The van der Waals surface area contributed by atoms with E-state index in [1.54, 1.807) is 0 Å². The average Bonchev–Trinajstić information content (AvgIpc) is 2.10. The quantitative estimate of drug-likeness (QED) is 0.614. The van der Waals surface area contributed by atoms with Gasteiger partial charge in [0, 0.05) is 0 Å². The number of hydrogen-bond acceptors (Lipinski definition) is 0. The van der Waals surface area contributed by atoms with Crippen LogP contribution in [-0.4, -0.2) is 0 Å². The van der Waals surface area contributed by atoms with Gasteiger partial charge in [0.05, 0.1) is 0 Å². The van der Waals surface area contributed by atoms with E-state index in [9.17, 15) is 0 Å². The van der Waals surface area contributed by atoms with Gasteiger partial charge in [0.15, 0.2) is 0 Å². The van der Waals surface area contributed by atoms with Crippen molar-refractivity contribution in [2.45, 2.75) is 19.8 Å². The Labute approximate surface area is 93.9 Å². The van der Waals surface area contributed by atoms with Crippen molar-refractivity contribution in [3.63, 3.8) is 0 Å². The van der Waals surface area contributed by atoms with Crippen LogP contribution in [0.1, 0.15) is 25.3 Å². The maximum Gasteiger partial charge on any atom is -0.0219 e. The molecule has 0 heterocycles. The van der Waals surface area contributed by atoms with Crippen molar-refractivity contribution in [3.8, 4) is 0 Å². The predicted molar refractivity (Wildman–Crippen MR) is 66.3 cm³/mol. The first-order chi connectivity index (χ1) is 5.30. The SMILES string of the molecule is C=C.CC(C)c1ccccc1.Cl.Cl. The van der Waals surface area contributed by atoms with Gasteiger partial charge in [-0.3, -0.25) is 0 Å². The smallest absolute Gasteiger partial charge is 0.0219 e. The minimum absolute atomic E-state index is 0. The molecule has 0 fully saturated rings. The lowest BCUT2D eigenvalue weighted by Gasteiger charge is -2.01. The minimum Gasteiger partial charge on any atom is -0.147 e. The Morgan fingerprint density at radius 3 is 1.54 bits per heavy atom. The molecule has 0 aliphatic carbocycles. The lowest BCUT2D eigenvalue weighted by Crippen LogP contribution is -1.83. The molecule has 0 bridgehead atoms. The summed E-state index contributed by atoms with van der Waals surface area (Å²) < 4.78 is 0. The molecule has 76 valence electrons. The summed E-state index contributed by atoms with van der Waals surface area (Å²) >= 11 is 0. The van der Waals surface area contributed by atoms with Gasteiger partial charge in [0.25, 0.3) is 0 Å². The zero-order valence-electron chi connectivity index (χ0n) is 8.19. The molecule has 1 rings (SSSR count). The van der Waals surface area contributed by atoms with Crippen LogP contribution in [0.3, 0.4) is 0 Å². The largest absolute Gasteiger partial charge is 0.147 e. The van der Waals surface area contributed by atoms with Gasteiger partial charge in [-0.15, -0.1) is 38.0 Å². The first-order valence-corrected chi connectivity index (χ1v) is 3.85. The van der Waals surface area contributed by atoms with E-state index in [0.29, 0.717) is 5.92 Å². The second-order valence-electron chi connectivity index (χ2n) is 2.57. The van der Waals surface area contributed by atoms with E-state index < -0.39 is 0 Å². The Balaban J connectivity index is -0.000000234. The molecule has 0 unspecified atom stereocenters. The summed E-state index contributed by atoms with van der Waals surface area (Å²) in [5.41, 5.74) is 1.41. The molecular weight excluding hydrogens is 203 g/mol. The van der Waals surface area contributed by atoms with E-state index in [4.69, 9.17) is 0 Å². The van der Waals surface area contributed by atoms with Gasteiger partial charge >= 0.3 is 0 Å². The van der Waals surface area contributed by atoms with Crippen LogP contribution in [0.25, 0.3) is 0 Å². The molecule has 0 amide bonds. The summed E-state index contributed by atoms with van der Waals surface area (Å²) in [6, 6.07) is 10.5. The van der Waals surface area contributed by atoms with Crippen molar-refractivity contribution >= 4 is 24.8 Å². The fraction of sp³-hybridized carbons (Fsp3) is 0.273. The summed E-state index contributed by atoms with van der Waals surface area (Å²) in [7, 11) is 0. The van der Waals surface area contributed by atoms with E-state index in [1.807, 2.05) is 6.07 Å². The number of halogens is 2. The van der Waals surface area contributed by atoms with Crippen LogP contribution in [0, 0.1) is 0 Å². The highest BCUT2D eigenvalue weighted by Gasteiger charge is 1.93. The van der Waals surface area contributed by atoms with E-state index >= 15 is 0 Å². The van der Waals surface area contributed by atoms with Crippen molar-refractivity contribution in [2.24, 2.45) is 0 Å². The van der Waals surface area contributed by atoms with Crippen molar-refractivity contribution in [1.82, 2.24) is 0 Å². The normalized spacial score (nSPS) is 7.31. The second kappa shape index (κ2) is 11.5. The molecule has 0 atom stereocenters. The number of benzene rings is 1. The second-order valence-corrected chi connectivity index (χ2v) is 2.57. The molecule has 0 nitrogen and oxygen atoms in total. The first-order valence-electron chi connectivity index (χ1n) is 3.85. The standard InChI is InChI=1S/C9H12.C2H4.2ClH/c1-8(2)9-6-4-3-5-7-9;1-2;;/h3-8H,1-2H3;1-2H2;2*1H. The van der Waals surface area contributed by atoms with Gasteiger partial charge in [-0.25, -0.2) is 0 Å². The maximum absolute atomic E-state index is 3.00. The fourth-order valence-electron chi connectivity index (χ4n) is 0.838. The third-order valence-corrected chi connectivity index (χ3v) is 1.47. The molecule has 0 saturated heterocycles. The first kappa shape index (κ1) is 18.3. The molecule has 0 spiro atoms. The summed E-state index contributed by atoms with van der Waals surface area (Å²) in [5, 5.41) is 0. The monoisotopic (exact) mass is 220 g/mol. The summed E-state index contributed by atoms with van der Waals surface area (Å²) in [5.74, 6) is 0.659. The topological polar surface area (TPSA) is 0 Å². The Morgan fingerprint density at radius 1 is 0.923 bits per heavy atom. The van der Waals surface area contributed by atoms with Gasteiger partial charge in [-0.2, -0.15) is 0 Å². The van der Waals surface area contributed by atoms with E-state index in [0.717, 1.165) is 0 Å². The highest BCUT2D eigenvalue weighted by Crippen LogP contribution is 2.11. The molecular formula is C11H18Cl2. The molecule has 0 saturated carbocycles. The van der Waals surface area contributed by atoms with Gasteiger partial charge in [-0.05, 0) is 11.5 Å². The van der Waals surface area contributed by atoms with Crippen LogP contribution in [0.4, 0.5) is 0 Å². The van der Waals surface area contributed by atoms with Crippen molar-refractivity contribution in [2.75, 3.05) is 0 Å². The molecule has 0 aromatic heterocycles. The molecule has 2 heteroatoms. The lowest BCUT2D eigenvalue weighted by atomic mass is 10.0. The zero-order valence-corrected chi connectivity index (χ0v) is 9.83. The minimum atomic E-state index is 0. The van der Waals surface area contributed by atoms with Crippen LogP contribution in [0.5, 0.6) is 0 Å². The molecule has 0 aliphatic heterocycles. The van der Waals surface area contributed by atoms with Crippen LogP contribution in [0.15, 0.2) is 43.5 Å². The molecule has 1 aromatic rings. The maximum atomic E-state index is 3.00. The van der Waals surface area contributed by atoms with E-state index in [1.165, 1.54) is 5.56 Å². The summed E-state index contributed by atoms with van der Waals surface area (Å²) in [6.07, 6.45) is 0. The predicted octanol–water partition coefficient (Wildman–Crippen LogP) is 4.46. The van der Waals surface area contributed by atoms with Crippen LogP contribution >= 0.6 is 24.8 Å². The Morgan fingerprint density at radius 2 is 1.31 bits per heavy atom. The van der Waals surface area contributed by atoms with Crippen LogP contribution in [-0.2, 0) is 0 Å². The van der Waals surface area contributed by atoms with E-state index in [-0.39, 0.29) is 24.8 Å². The van der Waals surface area contributed by atoms with E-state index in [2.05, 4.69) is 51.3 Å². The summed E-state index contributed by atoms with van der Waals surface area (Å²) in [4.78, 5) is 0. The Kier molecular flexibility index (Phi) is 16.3. The van der Waals surface area contributed by atoms with Crippen molar-refractivity contribution < 1.29 is 0 Å². The summed E-state index contributed by atoms with van der Waals surface area (Å²) in [6.45, 7) is 10.4. The van der Waals surface area contributed by atoms with Crippen LogP contribution in [0.2, 0.25) is 0 Å². The van der Waals surface area contributed by atoms with Crippen molar-refractivity contribution in [3.05, 3.63) is 49.1 Å². The van der Waals surface area contributed by atoms with Gasteiger partial charge in [-0.1, -0.05) is 44.2 Å². The molecule has 0 radical (unpaired) electrons. The molecule has 0 aliphatic rings. The number of rotatable bonds is 1. The Hall–Kier alpha value is -0.460. The van der Waals surface area contributed by atoms with Crippen molar-refractivity contribution in [1.29, 1.82) is 0 Å². The molecule has 1 aromatic carbocycles. The van der Waals surface area contributed by atoms with Gasteiger partial charge in [0.2, 0.25) is 0 Å². The molecule has 13 heavy (non-hydrogen) atoms. The van der Waals surface area contributed by atoms with Gasteiger partial charge in [0.1, 0.15) is 0 Å². The molecule has 0 N–H and O–H groups in total. The highest BCUT2D eigenvalue weighted by molar-refractivity contribution is 5.85. The number of hydrogen-bond donors (Lipinski definition) is 0. The zero-order chi connectivity index (χ0) is 8.69. The van der Waals surface area contributed by atoms with Crippen LogP contribution < -0.4 is 0 Å². The average molecular weight is 221 g/mol.